The van der Waals surface area contributed by atoms with Crippen LogP contribution in [0.1, 0.15) is 49.6 Å². The van der Waals surface area contributed by atoms with Crippen LogP contribution in [-0.2, 0) is 6.42 Å². The summed E-state index contributed by atoms with van der Waals surface area (Å²) in [7, 11) is 0. The number of hydrogen-bond acceptors (Lipinski definition) is 4. The van der Waals surface area contributed by atoms with Crippen LogP contribution in [0.15, 0.2) is 11.0 Å². The standard InChI is InChI=1S/C18H21N3O2S/c1-4-9(2)14-11-6-5-7-23-15-13(11)17(18(22)20-14)24-16(15)12-8-19-21-10(12)3/h8-9H,4-7H2,1-3H3,(H,19,21)(H,20,22). The summed E-state index contributed by atoms with van der Waals surface area (Å²) >= 11 is 1.51. The Morgan fingerprint density at radius 3 is 3.00 bits per heavy atom. The Hall–Kier alpha value is -2.08. The van der Waals surface area contributed by atoms with E-state index in [1.807, 2.05) is 13.1 Å². The van der Waals surface area contributed by atoms with Crippen LogP contribution < -0.4 is 10.3 Å². The Bertz CT molecular complexity index is 967. The molecule has 5 nitrogen and oxygen atoms in total. The van der Waals surface area contributed by atoms with Gasteiger partial charge in [-0.3, -0.25) is 9.89 Å². The molecule has 0 aliphatic carbocycles. The quantitative estimate of drug-likeness (QED) is 0.751. The second-order valence-electron chi connectivity index (χ2n) is 6.48. The monoisotopic (exact) mass is 343 g/mol. The molecule has 3 aromatic rings. The van der Waals surface area contributed by atoms with Crippen molar-refractivity contribution < 1.29 is 4.74 Å². The first-order chi connectivity index (χ1) is 11.6. The molecular weight excluding hydrogens is 322 g/mol. The van der Waals surface area contributed by atoms with E-state index in [9.17, 15) is 4.79 Å². The SMILES string of the molecule is CCC(C)c1[nH]c(=O)c2sc(-c3cn[nH]c3C)c3c2c1CCCO3. The van der Waals surface area contributed by atoms with Crippen molar-refractivity contribution in [2.24, 2.45) is 0 Å². The highest BCUT2D eigenvalue weighted by Gasteiger charge is 2.27. The Kier molecular flexibility index (Phi) is 3.72. The number of nitrogens with zero attached hydrogens (tertiary/aromatic N) is 1. The van der Waals surface area contributed by atoms with E-state index in [4.69, 9.17) is 4.74 Å². The first-order valence-corrected chi connectivity index (χ1v) is 9.28. The molecule has 4 heterocycles. The van der Waals surface area contributed by atoms with Crippen molar-refractivity contribution in [1.29, 1.82) is 0 Å². The number of H-pyrrole nitrogens is 2. The molecule has 126 valence electrons. The van der Waals surface area contributed by atoms with Crippen molar-refractivity contribution in [3.8, 4) is 16.2 Å². The van der Waals surface area contributed by atoms with Gasteiger partial charge in [0.15, 0.2) is 0 Å². The van der Waals surface area contributed by atoms with Crippen molar-refractivity contribution in [2.45, 2.75) is 46.0 Å². The van der Waals surface area contributed by atoms with Crippen LogP contribution >= 0.6 is 11.3 Å². The summed E-state index contributed by atoms with van der Waals surface area (Å²) in [6.07, 6.45) is 4.73. The van der Waals surface area contributed by atoms with Gasteiger partial charge in [-0.25, -0.2) is 0 Å². The van der Waals surface area contributed by atoms with Gasteiger partial charge in [-0.15, -0.1) is 11.3 Å². The summed E-state index contributed by atoms with van der Waals surface area (Å²) in [4.78, 5) is 16.9. The molecule has 4 rings (SSSR count). The molecule has 3 aromatic heterocycles. The predicted molar refractivity (Wildman–Crippen MR) is 97.3 cm³/mol. The maximum absolute atomic E-state index is 12.7. The Labute approximate surface area is 144 Å². The summed E-state index contributed by atoms with van der Waals surface area (Å²) in [6, 6.07) is 0. The maximum atomic E-state index is 12.7. The van der Waals surface area contributed by atoms with E-state index >= 15 is 0 Å². The number of thiophene rings is 1. The van der Waals surface area contributed by atoms with Crippen LogP contribution in [0.5, 0.6) is 5.75 Å². The normalized spacial score (nSPS) is 15.3. The van der Waals surface area contributed by atoms with E-state index in [0.717, 1.165) is 56.9 Å². The lowest BCUT2D eigenvalue weighted by Crippen LogP contribution is -2.13. The second-order valence-corrected chi connectivity index (χ2v) is 7.50. The third kappa shape index (κ3) is 2.20. The Morgan fingerprint density at radius 1 is 1.46 bits per heavy atom. The Balaban J connectivity index is 2.09. The third-order valence-electron chi connectivity index (χ3n) is 4.94. The highest BCUT2D eigenvalue weighted by atomic mass is 32.1. The highest BCUT2D eigenvalue weighted by molar-refractivity contribution is 7.22. The molecule has 1 unspecified atom stereocenters. The average Bonchev–Trinajstić information content (AvgIpc) is 3.09. The van der Waals surface area contributed by atoms with Gasteiger partial charge < -0.3 is 9.72 Å². The van der Waals surface area contributed by atoms with Crippen molar-refractivity contribution in [3.63, 3.8) is 0 Å². The molecular formula is C18H21N3O2S. The molecule has 0 amide bonds. The van der Waals surface area contributed by atoms with Gasteiger partial charge in [-0.2, -0.15) is 5.10 Å². The van der Waals surface area contributed by atoms with Crippen LogP contribution in [0.2, 0.25) is 0 Å². The van der Waals surface area contributed by atoms with Crippen LogP contribution in [0.4, 0.5) is 0 Å². The summed E-state index contributed by atoms with van der Waals surface area (Å²) in [6.45, 7) is 7.00. The topological polar surface area (TPSA) is 70.8 Å². The molecule has 0 saturated heterocycles. The lowest BCUT2D eigenvalue weighted by Gasteiger charge is -2.14. The van der Waals surface area contributed by atoms with Gasteiger partial charge in [0, 0.05) is 22.3 Å². The molecule has 6 heteroatoms. The molecule has 1 atom stereocenters. The summed E-state index contributed by atoms with van der Waals surface area (Å²) in [5, 5.41) is 8.13. The van der Waals surface area contributed by atoms with Crippen molar-refractivity contribution in [2.75, 3.05) is 6.61 Å². The van der Waals surface area contributed by atoms with E-state index in [1.165, 1.54) is 16.9 Å². The molecule has 0 fully saturated rings. The molecule has 0 saturated carbocycles. The van der Waals surface area contributed by atoms with Gasteiger partial charge in [-0.05, 0) is 37.7 Å². The van der Waals surface area contributed by atoms with Crippen LogP contribution in [0.3, 0.4) is 0 Å². The van der Waals surface area contributed by atoms with Crippen molar-refractivity contribution in [3.05, 3.63) is 33.5 Å². The van der Waals surface area contributed by atoms with E-state index in [2.05, 4.69) is 29.0 Å². The van der Waals surface area contributed by atoms with E-state index in [0.29, 0.717) is 12.5 Å². The largest absolute Gasteiger partial charge is 0.491 e. The number of pyridine rings is 1. The minimum atomic E-state index is -0.00630. The van der Waals surface area contributed by atoms with E-state index in [-0.39, 0.29) is 5.56 Å². The van der Waals surface area contributed by atoms with Gasteiger partial charge in [0.25, 0.3) is 5.56 Å². The minimum absolute atomic E-state index is 0.00630. The number of aromatic amines is 2. The zero-order chi connectivity index (χ0) is 16.8. The molecule has 1 aliphatic rings. The number of hydrogen-bond donors (Lipinski definition) is 2. The molecule has 2 N–H and O–H groups in total. The van der Waals surface area contributed by atoms with Gasteiger partial charge in [-0.1, -0.05) is 13.8 Å². The first-order valence-electron chi connectivity index (χ1n) is 8.46. The fourth-order valence-corrected chi connectivity index (χ4v) is 4.68. The molecule has 0 bridgehead atoms. The molecule has 0 spiro atoms. The maximum Gasteiger partial charge on any atom is 0.266 e. The second kappa shape index (κ2) is 5.77. The van der Waals surface area contributed by atoms with Gasteiger partial charge >= 0.3 is 0 Å². The number of nitrogens with one attached hydrogen (secondary N) is 2. The molecule has 0 radical (unpaired) electrons. The smallest absolute Gasteiger partial charge is 0.266 e. The first kappa shape index (κ1) is 15.4. The number of ether oxygens (including phenoxy) is 1. The lowest BCUT2D eigenvalue weighted by molar-refractivity contribution is 0.321. The average molecular weight is 343 g/mol. The zero-order valence-corrected chi connectivity index (χ0v) is 15.0. The van der Waals surface area contributed by atoms with Gasteiger partial charge in [0.1, 0.15) is 10.4 Å². The van der Waals surface area contributed by atoms with Crippen LogP contribution in [-0.4, -0.2) is 21.8 Å². The summed E-state index contributed by atoms with van der Waals surface area (Å²) < 4.78 is 6.88. The van der Waals surface area contributed by atoms with Crippen molar-refractivity contribution in [1.82, 2.24) is 15.2 Å². The third-order valence-corrected chi connectivity index (χ3v) is 6.15. The van der Waals surface area contributed by atoms with Gasteiger partial charge in [0.2, 0.25) is 0 Å². The number of aryl methyl sites for hydroxylation is 2. The molecule has 0 aromatic carbocycles. The zero-order valence-electron chi connectivity index (χ0n) is 14.2. The van der Waals surface area contributed by atoms with Crippen LogP contribution in [0, 0.1) is 6.92 Å². The van der Waals surface area contributed by atoms with Gasteiger partial charge in [0.05, 0.1) is 17.7 Å². The highest BCUT2D eigenvalue weighted by Crippen LogP contribution is 2.47. The minimum Gasteiger partial charge on any atom is -0.491 e. The van der Waals surface area contributed by atoms with Crippen LogP contribution in [0.25, 0.3) is 20.5 Å². The molecule has 24 heavy (non-hydrogen) atoms. The Morgan fingerprint density at radius 2 is 2.29 bits per heavy atom. The number of aromatic nitrogens is 3. The summed E-state index contributed by atoms with van der Waals surface area (Å²) in [5.41, 5.74) is 4.34. The fourth-order valence-electron chi connectivity index (χ4n) is 3.44. The lowest BCUT2D eigenvalue weighted by atomic mass is 9.94. The number of rotatable bonds is 3. The summed E-state index contributed by atoms with van der Waals surface area (Å²) in [5.74, 6) is 1.20. The van der Waals surface area contributed by atoms with E-state index in [1.54, 1.807) is 0 Å². The van der Waals surface area contributed by atoms with Crippen molar-refractivity contribution >= 4 is 21.4 Å². The van der Waals surface area contributed by atoms with E-state index < -0.39 is 0 Å². The fraction of sp³-hybridized carbons (Fsp3) is 0.444. The molecule has 1 aliphatic heterocycles. The predicted octanol–water partition coefficient (Wildman–Crippen LogP) is 4.13.